The Labute approximate surface area is 99.4 Å². The number of carbonyl (C=O) groups is 2. The fraction of sp³-hybridized carbons (Fsp3) is 0.333. The fourth-order valence-corrected chi connectivity index (χ4v) is 1.94. The van der Waals surface area contributed by atoms with Crippen LogP contribution in [0.3, 0.4) is 0 Å². The summed E-state index contributed by atoms with van der Waals surface area (Å²) in [4.78, 5) is 23.0. The second-order valence-electron chi connectivity index (χ2n) is 4.05. The smallest absolute Gasteiger partial charge is 0.250 e. The number of nitrogens with one attached hydrogen (secondary N) is 2. The number of nitrogens with two attached hydrogens (primary N) is 1. The molecule has 0 bridgehead atoms. The fourth-order valence-electron chi connectivity index (χ4n) is 1.94. The van der Waals surface area contributed by atoms with Crippen LogP contribution >= 0.6 is 0 Å². The third-order valence-corrected chi connectivity index (χ3v) is 2.83. The van der Waals surface area contributed by atoms with Gasteiger partial charge in [-0.25, -0.2) is 0 Å². The topological polar surface area (TPSA) is 84.2 Å². The molecule has 0 saturated carbocycles. The van der Waals surface area contributed by atoms with Gasteiger partial charge < -0.3 is 16.4 Å². The summed E-state index contributed by atoms with van der Waals surface area (Å²) in [6, 6.07) is 6.57. The molecule has 0 aromatic heterocycles. The van der Waals surface area contributed by atoms with E-state index < -0.39 is 5.91 Å². The van der Waals surface area contributed by atoms with Crippen molar-refractivity contribution in [3.8, 4) is 0 Å². The van der Waals surface area contributed by atoms with Crippen molar-refractivity contribution in [2.24, 2.45) is 5.73 Å². The first-order valence-corrected chi connectivity index (χ1v) is 5.61. The summed E-state index contributed by atoms with van der Waals surface area (Å²) < 4.78 is 0. The highest BCUT2D eigenvalue weighted by molar-refractivity contribution is 6.04. The summed E-state index contributed by atoms with van der Waals surface area (Å²) in [7, 11) is 0. The number of hydrogen-bond donors (Lipinski definition) is 3. The Hall–Kier alpha value is -1.88. The third-order valence-electron chi connectivity index (χ3n) is 2.83. The Morgan fingerprint density at radius 2 is 2.12 bits per heavy atom. The number of carbonyl (C=O) groups excluding carboxylic acids is 2. The maximum absolute atomic E-state index is 11.9. The van der Waals surface area contributed by atoms with E-state index in [1.54, 1.807) is 24.3 Å². The summed E-state index contributed by atoms with van der Waals surface area (Å²) >= 11 is 0. The lowest BCUT2D eigenvalue weighted by atomic mass is 10.1. The minimum atomic E-state index is -0.541. The Balaban J connectivity index is 2.12. The highest BCUT2D eigenvalue weighted by atomic mass is 16.2. The molecule has 1 saturated heterocycles. The highest BCUT2D eigenvalue weighted by Crippen LogP contribution is 2.16. The van der Waals surface area contributed by atoms with Crippen molar-refractivity contribution < 1.29 is 9.59 Å². The van der Waals surface area contributed by atoms with Gasteiger partial charge in [0.25, 0.3) is 5.91 Å². The molecule has 1 aromatic rings. The van der Waals surface area contributed by atoms with Crippen LogP contribution in [0.15, 0.2) is 24.3 Å². The molecular formula is C12H15N3O2. The molecule has 90 valence electrons. The quantitative estimate of drug-likeness (QED) is 0.709. The zero-order valence-electron chi connectivity index (χ0n) is 9.40. The Bertz CT molecular complexity index is 439. The van der Waals surface area contributed by atoms with E-state index in [2.05, 4.69) is 10.6 Å². The number of benzene rings is 1. The van der Waals surface area contributed by atoms with Crippen molar-refractivity contribution in [3.05, 3.63) is 29.8 Å². The number of rotatable bonds is 3. The predicted octanol–water partition coefficient (Wildman–Crippen LogP) is 0.476. The summed E-state index contributed by atoms with van der Waals surface area (Å²) in [5, 5.41) is 5.83. The van der Waals surface area contributed by atoms with Crippen molar-refractivity contribution in [1.82, 2.24) is 5.32 Å². The molecule has 5 heteroatoms. The normalized spacial score (nSPS) is 18.9. The molecule has 17 heavy (non-hydrogen) atoms. The van der Waals surface area contributed by atoms with E-state index >= 15 is 0 Å². The maximum Gasteiger partial charge on any atom is 0.250 e. The van der Waals surface area contributed by atoms with Gasteiger partial charge in [-0.3, -0.25) is 9.59 Å². The van der Waals surface area contributed by atoms with Crippen LogP contribution in [0.5, 0.6) is 0 Å². The van der Waals surface area contributed by atoms with Crippen molar-refractivity contribution >= 4 is 17.5 Å². The minimum absolute atomic E-state index is 0.115. The van der Waals surface area contributed by atoms with Gasteiger partial charge in [0.1, 0.15) is 0 Å². The van der Waals surface area contributed by atoms with Gasteiger partial charge in [0.05, 0.1) is 17.3 Å². The van der Waals surface area contributed by atoms with Crippen molar-refractivity contribution in [2.45, 2.75) is 18.9 Å². The number of hydrogen-bond acceptors (Lipinski definition) is 3. The largest absolute Gasteiger partial charge is 0.366 e. The van der Waals surface area contributed by atoms with E-state index in [0.717, 1.165) is 19.4 Å². The lowest BCUT2D eigenvalue weighted by Gasteiger charge is -2.12. The molecule has 0 radical (unpaired) electrons. The van der Waals surface area contributed by atoms with Gasteiger partial charge in [-0.15, -0.1) is 0 Å². The molecule has 1 aromatic carbocycles. The van der Waals surface area contributed by atoms with E-state index in [4.69, 9.17) is 5.73 Å². The zero-order chi connectivity index (χ0) is 12.3. The average Bonchev–Trinajstić information content (AvgIpc) is 2.83. The molecule has 1 heterocycles. The van der Waals surface area contributed by atoms with Crippen LogP contribution in [0.25, 0.3) is 0 Å². The maximum atomic E-state index is 11.9. The molecule has 0 aliphatic carbocycles. The standard InChI is InChI=1S/C12H15N3O2/c13-11(16)8-4-1-2-5-9(8)15-12(17)10-6-3-7-14-10/h1-2,4-5,10,14H,3,6-7H2,(H2,13,16)(H,15,17)/t10-/m0/s1. The summed E-state index contributed by atoms with van der Waals surface area (Å²) in [6.45, 7) is 0.857. The first-order chi connectivity index (χ1) is 8.18. The van der Waals surface area contributed by atoms with Gasteiger partial charge in [-0.2, -0.15) is 0 Å². The number of anilines is 1. The second-order valence-corrected chi connectivity index (χ2v) is 4.05. The second kappa shape index (κ2) is 4.97. The molecule has 5 nitrogen and oxygen atoms in total. The van der Waals surface area contributed by atoms with Gasteiger partial charge in [0, 0.05) is 0 Å². The molecule has 4 N–H and O–H groups in total. The Morgan fingerprint density at radius 1 is 1.35 bits per heavy atom. The number of primary amides is 1. The summed E-state index contributed by atoms with van der Waals surface area (Å²) in [5.41, 5.74) is 6.04. The molecule has 0 unspecified atom stereocenters. The van der Waals surface area contributed by atoms with E-state index in [-0.39, 0.29) is 11.9 Å². The van der Waals surface area contributed by atoms with Crippen molar-refractivity contribution in [3.63, 3.8) is 0 Å². The molecule has 2 rings (SSSR count). The average molecular weight is 233 g/mol. The minimum Gasteiger partial charge on any atom is -0.366 e. The van der Waals surface area contributed by atoms with Crippen molar-refractivity contribution in [1.29, 1.82) is 0 Å². The molecule has 1 atom stereocenters. The van der Waals surface area contributed by atoms with E-state index in [1.165, 1.54) is 0 Å². The molecule has 1 aliphatic rings. The molecular weight excluding hydrogens is 218 g/mol. The van der Waals surface area contributed by atoms with Crippen molar-refractivity contribution in [2.75, 3.05) is 11.9 Å². The molecule has 0 spiro atoms. The lowest BCUT2D eigenvalue weighted by Crippen LogP contribution is -2.36. The summed E-state index contributed by atoms with van der Waals surface area (Å²) in [5.74, 6) is -0.656. The van der Waals surface area contributed by atoms with E-state index in [1.807, 2.05) is 0 Å². The van der Waals surface area contributed by atoms with Gasteiger partial charge in [-0.05, 0) is 31.5 Å². The molecule has 1 fully saturated rings. The van der Waals surface area contributed by atoms with Gasteiger partial charge in [0.2, 0.25) is 5.91 Å². The number of amides is 2. The first-order valence-electron chi connectivity index (χ1n) is 5.61. The molecule has 2 amide bonds. The van der Waals surface area contributed by atoms with Gasteiger partial charge in [-0.1, -0.05) is 12.1 Å². The van der Waals surface area contributed by atoms with E-state index in [9.17, 15) is 9.59 Å². The van der Waals surface area contributed by atoms with Crippen LogP contribution in [0.2, 0.25) is 0 Å². The third kappa shape index (κ3) is 2.62. The van der Waals surface area contributed by atoms with Gasteiger partial charge >= 0.3 is 0 Å². The van der Waals surface area contributed by atoms with Crippen LogP contribution < -0.4 is 16.4 Å². The summed E-state index contributed by atoms with van der Waals surface area (Å²) in [6.07, 6.45) is 1.82. The zero-order valence-corrected chi connectivity index (χ0v) is 9.40. The van der Waals surface area contributed by atoms with Crippen LogP contribution in [-0.4, -0.2) is 24.4 Å². The lowest BCUT2D eigenvalue weighted by molar-refractivity contribution is -0.117. The van der Waals surface area contributed by atoms with Crippen LogP contribution in [0.4, 0.5) is 5.69 Å². The Morgan fingerprint density at radius 3 is 2.76 bits per heavy atom. The van der Waals surface area contributed by atoms with E-state index in [0.29, 0.717) is 11.3 Å². The number of para-hydroxylation sites is 1. The van der Waals surface area contributed by atoms with Crippen LogP contribution in [0, 0.1) is 0 Å². The highest BCUT2D eigenvalue weighted by Gasteiger charge is 2.22. The molecule has 1 aliphatic heterocycles. The first kappa shape index (κ1) is 11.6. The Kier molecular flexibility index (Phi) is 3.39. The van der Waals surface area contributed by atoms with Crippen LogP contribution in [-0.2, 0) is 4.79 Å². The van der Waals surface area contributed by atoms with Crippen LogP contribution in [0.1, 0.15) is 23.2 Å². The van der Waals surface area contributed by atoms with Gasteiger partial charge in [0.15, 0.2) is 0 Å². The SMILES string of the molecule is NC(=O)c1ccccc1NC(=O)[C@@H]1CCCN1. The monoisotopic (exact) mass is 233 g/mol. The predicted molar refractivity (Wildman–Crippen MR) is 64.6 cm³/mol.